The number of benzene rings is 2. The van der Waals surface area contributed by atoms with Crippen LogP contribution in [0.15, 0.2) is 48.5 Å². The van der Waals surface area contributed by atoms with E-state index in [0.717, 1.165) is 47.4 Å². The highest BCUT2D eigenvalue weighted by Gasteiger charge is 2.33. The fourth-order valence-corrected chi connectivity index (χ4v) is 5.53. The lowest BCUT2D eigenvalue weighted by atomic mass is 10.1. The predicted octanol–water partition coefficient (Wildman–Crippen LogP) is 4.28. The number of anilines is 1. The maximum Gasteiger partial charge on any atom is 0.244 e. The van der Waals surface area contributed by atoms with E-state index >= 15 is 0 Å². The number of rotatable bonds is 10. The Morgan fingerprint density at radius 3 is 2.40 bits per heavy atom. The van der Waals surface area contributed by atoms with Gasteiger partial charge in [-0.2, -0.15) is 0 Å². The summed E-state index contributed by atoms with van der Waals surface area (Å²) in [6.45, 7) is 3.59. The number of nitrogens with one attached hydrogen (secondary N) is 1. The Labute approximate surface area is 213 Å². The molecule has 35 heavy (non-hydrogen) atoms. The fraction of sp³-hybridized carbons (Fsp3) is 0.462. The van der Waals surface area contributed by atoms with E-state index in [1.54, 1.807) is 18.2 Å². The molecule has 2 aromatic rings. The summed E-state index contributed by atoms with van der Waals surface area (Å²) in [4.78, 5) is 28.5. The standard InChI is InChI=1S/C26H34ClN3O4S/c1-4-24(26(32)28-22-13-7-8-14-22)29(17-20-11-6-5-10-19(20)2)25(31)18-30(35(3,33)34)23-15-9-12-21(27)16-23/h5-6,9-12,15-16,22,24H,4,7-8,13-14,17-18H2,1-3H3,(H,28,32)/t24-/m0/s1. The summed E-state index contributed by atoms with van der Waals surface area (Å²) < 4.78 is 26.3. The maximum atomic E-state index is 13.7. The van der Waals surface area contributed by atoms with Crippen molar-refractivity contribution in [2.45, 2.75) is 64.6 Å². The summed E-state index contributed by atoms with van der Waals surface area (Å²) in [6.07, 6.45) is 5.49. The van der Waals surface area contributed by atoms with E-state index in [0.29, 0.717) is 17.1 Å². The third-order valence-corrected chi connectivity index (χ3v) is 7.84. The van der Waals surface area contributed by atoms with E-state index in [2.05, 4.69) is 5.32 Å². The van der Waals surface area contributed by atoms with E-state index in [-0.39, 0.29) is 18.5 Å². The molecule has 7 nitrogen and oxygen atoms in total. The first kappa shape index (κ1) is 27.0. The van der Waals surface area contributed by atoms with E-state index in [4.69, 9.17) is 11.6 Å². The van der Waals surface area contributed by atoms with Gasteiger partial charge < -0.3 is 10.2 Å². The quantitative estimate of drug-likeness (QED) is 0.507. The molecule has 0 spiro atoms. The second kappa shape index (κ2) is 11.9. The molecule has 1 aliphatic rings. The molecule has 0 radical (unpaired) electrons. The molecule has 0 heterocycles. The van der Waals surface area contributed by atoms with Crippen LogP contribution in [0, 0.1) is 6.92 Å². The zero-order chi connectivity index (χ0) is 25.6. The molecule has 1 saturated carbocycles. The van der Waals surface area contributed by atoms with Crippen LogP contribution in [0.5, 0.6) is 0 Å². The Morgan fingerprint density at radius 2 is 1.80 bits per heavy atom. The number of hydrogen-bond acceptors (Lipinski definition) is 4. The number of nitrogens with zero attached hydrogens (tertiary/aromatic N) is 2. The summed E-state index contributed by atoms with van der Waals surface area (Å²) in [7, 11) is -3.79. The molecule has 0 saturated heterocycles. The zero-order valence-corrected chi connectivity index (χ0v) is 22.1. The molecule has 3 rings (SSSR count). The molecule has 0 bridgehead atoms. The summed E-state index contributed by atoms with van der Waals surface area (Å²) in [6, 6.07) is 13.4. The lowest BCUT2D eigenvalue weighted by Crippen LogP contribution is -2.53. The molecule has 0 unspecified atom stereocenters. The van der Waals surface area contributed by atoms with Crippen molar-refractivity contribution in [3.63, 3.8) is 0 Å². The van der Waals surface area contributed by atoms with Crippen molar-refractivity contribution < 1.29 is 18.0 Å². The summed E-state index contributed by atoms with van der Waals surface area (Å²) in [5, 5.41) is 3.47. The third kappa shape index (κ3) is 7.21. The molecule has 0 aromatic heterocycles. The second-order valence-corrected chi connectivity index (χ2v) is 11.5. The van der Waals surface area contributed by atoms with Crippen LogP contribution < -0.4 is 9.62 Å². The van der Waals surface area contributed by atoms with Gasteiger partial charge in [0.1, 0.15) is 12.6 Å². The average Bonchev–Trinajstić information content (AvgIpc) is 3.30. The molecule has 9 heteroatoms. The number of carbonyl (C=O) groups excluding carboxylic acids is 2. The first-order valence-electron chi connectivity index (χ1n) is 12.0. The van der Waals surface area contributed by atoms with Gasteiger partial charge in [0.15, 0.2) is 0 Å². The zero-order valence-electron chi connectivity index (χ0n) is 20.5. The number of hydrogen-bond donors (Lipinski definition) is 1. The van der Waals surface area contributed by atoms with Gasteiger partial charge in [0.25, 0.3) is 0 Å². The summed E-state index contributed by atoms with van der Waals surface area (Å²) in [5.41, 5.74) is 2.19. The lowest BCUT2D eigenvalue weighted by Gasteiger charge is -2.33. The highest BCUT2D eigenvalue weighted by Crippen LogP contribution is 2.24. The van der Waals surface area contributed by atoms with Crippen molar-refractivity contribution >= 4 is 39.1 Å². The normalized spacial score (nSPS) is 15.0. The first-order valence-corrected chi connectivity index (χ1v) is 14.2. The maximum absolute atomic E-state index is 13.7. The smallest absolute Gasteiger partial charge is 0.244 e. The third-order valence-electron chi connectivity index (χ3n) is 6.46. The van der Waals surface area contributed by atoms with Crippen molar-refractivity contribution in [3.8, 4) is 0 Å². The minimum Gasteiger partial charge on any atom is -0.352 e. The van der Waals surface area contributed by atoms with Crippen LogP contribution in [0.4, 0.5) is 5.69 Å². The molecule has 1 N–H and O–H groups in total. The number of amides is 2. The lowest BCUT2D eigenvalue weighted by molar-refractivity contribution is -0.140. The van der Waals surface area contributed by atoms with Gasteiger partial charge >= 0.3 is 0 Å². The monoisotopic (exact) mass is 519 g/mol. The minimum absolute atomic E-state index is 0.117. The Bertz CT molecular complexity index is 1150. The molecule has 190 valence electrons. The predicted molar refractivity (Wildman–Crippen MR) is 140 cm³/mol. The van der Waals surface area contributed by atoms with E-state index in [1.807, 2.05) is 38.1 Å². The Hall–Kier alpha value is -2.58. The number of halogens is 1. The van der Waals surface area contributed by atoms with Gasteiger partial charge in [-0.05, 0) is 55.5 Å². The largest absolute Gasteiger partial charge is 0.352 e. The van der Waals surface area contributed by atoms with Crippen LogP contribution in [-0.4, -0.2) is 50.0 Å². The SMILES string of the molecule is CC[C@@H](C(=O)NC1CCCC1)N(Cc1ccccc1C)C(=O)CN(c1cccc(Cl)c1)S(C)(=O)=O. The van der Waals surface area contributed by atoms with Gasteiger partial charge in [0.2, 0.25) is 21.8 Å². The Balaban J connectivity index is 1.93. The van der Waals surface area contributed by atoms with Crippen LogP contribution >= 0.6 is 11.6 Å². The summed E-state index contributed by atoms with van der Waals surface area (Å²) >= 11 is 6.09. The molecule has 2 aromatic carbocycles. The topological polar surface area (TPSA) is 86.8 Å². The van der Waals surface area contributed by atoms with Gasteiger partial charge in [0, 0.05) is 17.6 Å². The Kier molecular flexibility index (Phi) is 9.19. The highest BCUT2D eigenvalue weighted by molar-refractivity contribution is 7.92. The highest BCUT2D eigenvalue weighted by atomic mass is 35.5. The van der Waals surface area contributed by atoms with E-state index in [1.165, 1.54) is 11.0 Å². The van der Waals surface area contributed by atoms with Gasteiger partial charge in [-0.25, -0.2) is 8.42 Å². The average molecular weight is 520 g/mol. The van der Waals surface area contributed by atoms with Crippen molar-refractivity contribution in [1.82, 2.24) is 10.2 Å². The molecule has 1 atom stereocenters. The molecular weight excluding hydrogens is 486 g/mol. The number of sulfonamides is 1. The van der Waals surface area contributed by atoms with Crippen LogP contribution in [-0.2, 0) is 26.2 Å². The number of carbonyl (C=O) groups is 2. The van der Waals surface area contributed by atoms with Crippen LogP contribution in [0.25, 0.3) is 0 Å². The second-order valence-electron chi connectivity index (χ2n) is 9.11. The molecule has 1 fully saturated rings. The van der Waals surface area contributed by atoms with Crippen molar-refractivity contribution in [1.29, 1.82) is 0 Å². The van der Waals surface area contributed by atoms with Gasteiger partial charge in [-0.3, -0.25) is 13.9 Å². The van der Waals surface area contributed by atoms with Crippen LogP contribution in [0.3, 0.4) is 0 Å². The van der Waals surface area contributed by atoms with Crippen molar-refractivity contribution in [2.75, 3.05) is 17.1 Å². The number of aryl methyl sites for hydroxylation is 1. The minimum atomic E-state index is -3.79. The molecule has 1 aliphatic carbocycles. The molecule has 2 amide bonds. The summed E-state index contributed by atoms with van der Waals surface area (Å²) in [5.74, 6) is -0.651. The van der Waals surface area contributed by atoms with Gasteiger partial charge in [-0.1, -0.05) is 61.7 Å². The van der Waals surface area contributed by atoms with Gasteiger partial charge in [0.05, 0.1) is 11.9 Å². The van der Waals surface area contributed by atoms with Gasteiger partial charge in [-0.15, -0.1) is 0 Å². The molecular formula is C26H34ClN3O4S. The van der Waals surface area contributed by atoms with Crippen LogP contribution in [0.1, 0.15) is 50.2 Å². The first-order chi connectivity index (χ1) is 16.6. The molecule has 0 aliphatic heterocycles. The van der Waals surface area contributed by atoms with E-state index in [9.17, 15) is 18.0 Å². The van der Waals surface area contributed by atoms with Crippen LogP contribution in [0.2, 0.25) is 5.02 Å². The Morgan fingerprint density at radius 1 is 1.11 bits per heavy atom. The fourth-order valence-electron chi connectivity index (χ4n) is 4.50. The van der Waals surface area contributed by atoms with Crippen molar-refractivity contribution in [2.24, 2.45) is 0 Å². The van der Waals surface area contributed by atoms with Crippen molar-refractivity contribution in [3.05, 3.63) is 64.7 Å². The van der Waals surface area contributed by atoms with E-state index < -0.39 is 28.5 Å².